The molecule has 3 aromatic rings. The highest BCUT2D eigenvalue weighted by Gasteiger charge is 2.51. The maximum atomic E-state index is 12.9. The third-order valence-electron chi connectivity index (χ3n) is 9.48. The number of hydrogen-bond acceptors (Lipinski definition) is 8. The lowest BCUT2D eigenvalue weighted by atomic mass is 9.77. The molecule has 2 aromatic heterocycles. The van der Waals surface area contributed by atoms with Gasteiger partial charge in [0.25, 0.3) is 0 Å². The lowest BCUT2D eigenvalue weighted by molar-refractivity contribution is -0.150. The van der Waals surface area contributed by atoms with Crippen LogP contribution >= 0.6 is 0 Å². The van der Waals surface area contributed by atoms with Crippen LogP contribution in [0.15, 0.2) is 36.5 Å². The van der Waals surface area contributed by atoms with Gasteiger partial charge in [0.15, 0.2) is 0 Å². The average molecular weight is 605 g/mol. The van der Waals surface area contributed by atoms with Gasteiger partial charge in [0.2, 0.25) is 0 Å². The summed E-state index contributed by atoms with van der Waals surface area (Å²) in [5.74, 6) is -0.215. The third-order valence-corrected chi connectivity index (χ3v) is 9.48. The third kappa shape index (κ3) is 6.33. The number of fused-ring (bicyclic) bond motifs is 1. The van der Waals surface area contributed by atoms with E-state index < -0.39 is 18.3 Å². The summed E-state index contributed by atoms with van der Waals surface area (Å²) in [5.41, 5.74) is 11.2. The number of pyridine rings is 1. The number of rotatable bonds is 10. The van der Waals surface area contributed by atoms with Gasteiger partial charge in [-0.2, -0.15) is 0 Å². The largest absolute Gasteiger partial charge is 0.494 e. The summed E-state index contributed by atoms with van der Waals surface area (Å²) in [4.78, 5) is 17.7. The highest BCUT2D eigenvalue weighted by atomic mass is 16.7. The van der Waals surface area contributed by atoms with Crippen LogP contribution in [0, 0.1) is 5.41 Å². The molecule has 2 N–H and O–H groups in total. The summed E-state index contributed by atoms with van der Waals surface area (Å²) < 4.78 is 26.9. The Kier molecular flexibility index (Phi) is 9.32. The molecule has 0 spiro atoms. The minimum absolute atomic E-state index is 0.187. The summed E-state index contributed by atoms with van der Waals surface area (Å²) >= 11 is 0. The molecule has 2 saturated heterocycles. The molecule has 0 amide bonds. The molecular weight excluding hydrogens is 555 g/mol. The summed E-state index contributed by atoms with van der Waals surface area (Å²) in [5, 5.41) is 1.13. The fourth-order valence-corrected chi connectivity index (χ4v) is 6.17. The lowest BCUT2D eigenvalue weighted by Crippen LogP contribution is -2.50. The molecule has 5 rings (SSSR count). The van der Waals surface area contributed by atoms with E-state index in [0.717, 1.165) is 59.2 Å². The van der Waals surface area contributed by atoms with Crippen molar-refractivity contribution in [1.29, 1.82) is 0 Å². The topological polar surface area (TPSA) is 95.9 Å². The van der Waals surface area contributed by atoms with Gasteiger partial charge in [0.1, 0.15) is 6.04 Å². The first-order valence-electron chi connectivity index (χ1n) is 15.9. The number of carbonyl (C=O) groups excluding carboxylic acids is 1. The molecule has 10 heteroatoms. The first kappa shape index (κ1) is 32.6. The van der Waals surface area contributed by atoms with Crippen LogP contribution in [0.1, 0.15) is 85.6 Å². The van der Waals surface area contributed by atoms with Crippen LogP contribution < -0.4 is 16.3 Å². The van der Waals surface area contributed by atoms with Crippen molar-refractivity contribution in [2.24, 2.45) is 5.41 Å². The number of aryl methyl sites for hydroxylation is 1. The second kappa shape index (κ2) is 12.6. The number of ether oxygens (including phenoxy) is 2. The molecule has 0 unspecified atom stereocenters. The molecule has 1 aromatic carbocycles. The zero-order valence-corrected chi connectivity index (χ0v) is 27.9. The number of nitrogens with zero attached hydrogens (tertiary/aromatic N) is 2. The Balaban J connectivity index is 1.60. The van der Waals surface area contributed by atoms with Crippen molar-refractivity contribution in [3.05, 3.63) is 47.8 Å². The fraction of sp³-hybridized carbons (Fsp3) is 0.588. The summed E-state index contributed by atoms with van der Waals surface area (Å²) in [7, 11) is 1.24. The molecule has 2 fully saturated rings. The van der Waals surface area contributed by atoms with Gasteiger partial charge >= 0.3 is 13.1 Å². The van der Waals surface area contributed by atoms with Gasteiger partial charge in [0, 0.05) is 48.3 Å². The number of carbonyl (C=O) groups is 1. The lowest BCUT2D eigenvalue weighted by Gasteiger charge is -2.32. The van der Waals surface area contributed by atoms with E-state index in [1.54, 1.807) is 7.11 Å². The Morgan fingerprint density at radius 3 is 2.57 bits per heavy atom. The molecule has 238 valence electrons. The molecule has 44 heavy (non-hydrogen) atoms. The Morgan fingerprint density at radius 1 is 1.20 bits per heavy atom. The molecule has 0 radical (unpaired) electrons. The van der Waals surface area contributed by atoms with Gasteiger partial charge in [-0.05, 0) is 90.0 Å². The molecular formula is C34H49BN4O5. The number of benzene rings is 1. The van der Waals surface area contributed by atoms with Gasteiger partial charge < -0.3 is 23.3 Å². The number of hydrogen-bond donors (Lipinski definition) is 2. The zero-order chi connectivity index (χ0) is 31.9. The number of esters is 1. The van der Waals surface area contributed by atoms with Gasteiger partial charge in [-0.3, -0.25) is 15.2 Å². The van der Waals surface area contributed by atoms with Crippen molar-refractivity contribution >= 4 is 29.5 Å². The number of methoxy groups -OCH3 is 1. The molecule has 2 aliphatic heterocycles. The first-order valence-corrected chi connectivity index (χ1v) is 15.9. The molecule has 4 heterocycles. The molecule has 2 aliphatic rings. The van der Waals surface area contributed by atoms with Crippen molar-refractivity contribution in [3.8, 4) is 11.3 Å². The van der Waals surface area contributed by atoms with Crippen molar-refractivity contribution in [2.75, 3.05) is 20.3 Å². The standard InChI is InChI=1S/C34H49BN4O5/c1-10-39-28-16-15-23(35-43-33(5,6)34(7,8)44-35)19-25(28)26(30(39)24-13-11-17-36-29(24)22(2)41-9)20-32(3,4)21-42-31(40)27-14-12-18-37-38-27/h11,13,15-17,19,22,27,37-38H,10,12,14,18,20-21H2,1-9H3/t22-,27-/m0/s1. The van der Waals surface area contributed by atoms with Gasteiger partial charge in [0.05, 0.1) is 35.3 Å². The Bertz CT molecular complexity index is 1480. The van der Waals surface area contributed by atoms with E-state index in [1.807, 2.05) is 19.2 Å². The Hall–Kier alpha value is -2.76. The summed E-state index contributed by atoms with van der Waals surface area (Å²) in [6, 6.07) is 10.3. The van der Waals surface area contributed by atoms with E-state index in [9.17, 15) is 4.79 Å². The van der Waals surface area contributed by atoms with E-state index in [-0.39, 0.29) is 23.5 Å². The minimum Gasteiger partial charge on any atom is -0.464 e. The van der Waals surface area contributed by atoms with Crippen molar-refractivity contribution in [2.45, 2.75) is 105 Å². The van der Waals surface area contributed by atoms with E-state index in [1.165, 1.54) is 5.56 Å². The quantitative estimate of drug-likeness (QED) is 0.244. The van der Waals surface area contributed by atoms with Crippen LogP contribution in [0.2, 0.25) is 0 Å². The average Bonchev–Trinajstić information content (AvgIpc) is 3.42. The van der Waals surface area contributed by atoms with Crippen molar-refractivity contribution < 1.29 is 23.6 Å². The SMILES string of the molecule is CCn1c(-c2cccnc2[C@H](C)OC)c(CC(C)(C)COC(=O)[C@@H]2CCCNN2)c2cc(B3OC(C)(C)C(C)(C)O3)ccc21. The zero-order valence-electron chi connectivity index (χ0n) is 27.9. The van der Waals surface area contributed by atoms with E-state index in [0.29, 0.717) is 13.0 Å². The van der Waals surface area contributed by atoms with Gasteiger partial charge in [-0.1, -0.05) is 26.0 Å². The molecule has 9 nitrogen and oxygen atoms in total. The van der Waals surface area contributed by atoms with Gasteiger partial charge in [-0.15, -0.1) is 0 Å². The Labute approximate surface area is 262 Å². The van der Waals surface area contributed by atoms with Crippen molar-refractivity contribution in [3.63, 3.8) is 0 Å². The summed E-state index contributed by atoms with van der Waals surface area (Å²) in [6.45, 7) is 18.7. The second-order valence-corrected chi connectivity index (χ2v) is 14.0. The minimum atomic E-state index is -0.473. The maximum Gasteiger partial charge on any atom is 0.494 e. The number of nitrogens with one attached hydrogen (secondary N) is 2. The molecule has 2 atom stereocenters. The maximum absolute atomic E-state index is 12.9. The smallest absolute Gasteiger partial charge is 0.464 e. The molecule has 0 saturated carbocycles. The predicted octanol–water partition coefficient (Wildman–Crippen LogP) is 5.10. The van der Waals surface area contributed by atoms with E-state index in [2.05, 4.69) is 88.2 Å². The van der Waals surface area contributed by atoms with Crippen LogP contribution in [0.5, 0.6) is 0 Å². The van der Waals surface area contributed by atoms with Crippen LogP contribution in [0.25, 0.3) is 22.2 Å². The van der Waals surface area contributed by atoms with Crippen molar-refractivity contribution in [1.82, 2.24) is 20.4 Å². The second-order valence-electron chi connectivity index (χ2n) is 14.0. The summed E-state index contributed by atoms with van der Waals surface area (Å²) in [6.07, 6.45) is 4.02. The number of hydrazine groups is 1. The van der Waals surface area contributed by atoms with Crippen LogP contribution in [0.3, 0.4) is 0 Å². The van der Waals surface area contributed by atoms with E-state index in [4.69, 9.17) is 23.8 Å². The normalized spacial score (nSPS) is 20.7. The Morgan fingerprint density at radius 2 is 1.93 bits per heavy atom. The fourth-order valence-electron chi connectivity index (χ4n) is 6.17. The molecule has 0 aliphatic carbocycles. The molecule has 0 bridgehead atoms. The number of aromatic nitrogens is 2. The monoisotopic (exact) mass is 604 g/mol. The highest BCUT2D eigenvalue weighted by Crippen LogP contribution is 2.41. The first-order chi connectivity index (χ1) is 20.8. The van der Waals surface area contributed by atoms with E-state index >= 15 is 0 Å². The highest BCUT2D eigenvalue weighted by molar-refractivity contribution is 6.62. The van der Waals surface area contributed by atoms with Crippen LogP contribution in [0.4, 0.5) is 0 Å². The van der Waals surface area contributed by atoms with Gasteiger partial charge in [-0.25, -0.2) is 5.43 Å². The van der Waals surface area contributed by atoms with Crippen LogP contribution in [-0.4, -0.2) is 60.1 Å². The van der Waals surface area contributed by atoms with Crippen LogP contribution in [-0.2, 0) is 36.5 Å². The predicted molar refractivity (Wildman–Crippen MR) is 175 cm³/mol.